The third-order valence-electron chi connectivity index (χ3n) is 4.94. The van der Waals surface area contributed by atoms with Crippen molar-refractivity contribution in [2.75, 3.05) is 18.6 Å². The number of amides is 1. The van der Waals surface area contributed by atoms with E-state index in [4.69, 9.17) is 9.72 Å². The van der Waals surface area contributed by atoms with Crippen LogP contribution in [0.15, 0.2) is 54.6 Å². The van der Waals surface area contributed by atoms with Crippen molar-refractivity contribution in [3.8, 4) is 5.75 Å². The van der Waals surface area contributed by atoms with Gasteiger partial charge in [-0.1, -0.05) is 19.1 Å². The molecule has 0 spiro atoms. The number of rotatable bonds is 5. The largest absolute Gasteiger partial charge is 0.497 e. The highest BCUT2D eigenvalue weighted by atomic mass is 32.1. The highest BCUT2D eigenvalue weighted by Gasteiger charge is 2.19. The Morgan fingerprint density at radius 1 is 1.04 bits per heavy atom. The maximum absolute atomic E-state index is 13.2. The molecule has 0 saturated heterocycles. The molecule has 2 aromatic heterocycles. The standard InChI is InChI=1S/C23H22N2O2S/c1-4-15-6-8-18(9-7-15)25(5-2)23(26)21-14-17-12-16-13-19(27-3)10-11-20(16)24-22(17)28-21/h6-14H,4-5H2,1-3H3. The van der Waals surface area contributed by atoms with Gasteiger partial charge in [0.05, 0.1) is 17.5 Å². The fourth-order valence-electron chi connectivity index (χ4n) is 3.33. The Hall–Kier alpha value is -2.92. The maximum atomic E-state index is 13.2. The third-order valence-corrected chi connectivity index (χ3v) is 5.97. The Morgan fingerprint density at radius 3 is 2.50 bits per heavy atom. The van der Waals surface area contributed by atoms with Crippen molar-refractivity contribution < 1.29 is 9.53 Å². The van der Waals surface area contributed by atoms with Crippen molar-refractivity contribution in [2.45, 2.75) is 20.3 Å². The lowest BCUT2D eigenvalue weighted by atomic mass is 10.1. The molecule has 0 aliphatic carbocycles. The van der Waals surface area contributed by atoms with Crippen LogP contribution in [0, 0.1) is 0 Å². The van der Waals surface area contributed by atoms with Crippen LogP contribution in [0.5, 0.6) is 5.75 Å². The molecule has 142 valence electrons. The minimum absolute atomic E-state index is 0.0105. The molecule has 0 N–H and O–H groups in total. The van der Waals surface area contributed by atoms with E-state index >= 15 is 0 Å². The fraction of sp³-hybridized carbons (Fsp3) is 0.217. The van der Waals surface area contributed by atoms with Crippen molar-refractivity contribution in [3.63, 3.8) is 0 Å². The van der Waals surface area contributed by atoms with Crippen molar-refractivity contribution in [3.05, 3.63) is 65.0 Å². The summed E-state index contributed by atoms with van der Waals surface area (Å²) in [4.78, 5) is 21.3. The number of carbonyl (C=O) groups excluding carboxylic acids is 1. The number of aromatic nitrogens is 1. The molecule has 2 heterocycles. The van der Waals surface area contributed by atoms with Gasteiger partial charge in [-0.2, -0.15) is 0 Å². The van der Waals surface area contributed by atoms with E-state index in [0.29, 0.717) is 11.4 Å². The van der Waals surface area contributed by atoms with E-state index in [2.05, 4.69) is 25.1 Å². The molecule has 0 atom stereocenters. The van der Waals surface area contributed by atoms with E-state index in [0.717, 1.165) is 39.0 Å². The number of fused-ring (bicyclic) bond motifs is 2. The van der Waals surface area contributed by atoms with E-state index in [-0.39, 0.29) is 5.91 Å². The van der Waals surface area contributed by atoms with E-state index < -0.39 is 0 Å². The zero-order chi connectivity index (χ0) is 19.7. The van der Waals surface area contributed by atoms with Crippen LogP contribution in [-0.2, 0) is 6.42 Å². The van der Waals surface area contributed by atoms with E-state index in [1.807, 2.05) is 48.2 Å². The van der Waals surface area contributed by atoms with Crippen LogP contribution in [0.1, 0.15) is 29.1 Å². The van der Waals surface area contributed by atoms with Gasteiger partial charge in [-0.15, -0.1) is 11.3 Å². The zero-order valence-electron chi connectivity index (χ0n) is 16.2. The van der Waals surface area contributed by atoms with Gasteiger partial charge in [0, 0.05) is 23.0 Å². The summed E-state index contributed by atoms with van der Waals surface area (Å²) in [6.45, 7) is 4.74. The number of ether oxygens (including phenoxy) is 1. The van der Waals surface area contributed by atoms with Gasteiger partial charge in [0.1, 0.15) is 10.6 Å². The topological polar surface area (TPSA) is 42.4 Å². The molecule has 1 amide bonds. The lowest BCUT2D eigenvalue weighted by Gasteiger charge is -2.20. The Balaban J connectivity index is 1.71. The van der Waals surface area contributed by atoms with Gasteiger partial charge in [0.15, 0.2) is 0 Å². The van der Waals surface area contributed by atoms with Crippen LogP contribution < -0.4 is 9.64 Å². The van der Waals surface area contributed by atoms with Gasteiger partial charge >= 0.3 is 0 Å². The number of anilines is 1. The van der Waals surface area contributed by atoms with Gasteiger partial charge < -0.3 is 9.64 Å². The predicted octanol–water partition coefficient (Wildman–Crippen LogP) is 5.69. The second-order valence-electron chi connectivity index (χ2n) is 6.62. The van der Waals surface area contributed by atoms with E-state index in [1.54, 1.807) is 7.11 Å². The van der Waals surface area contributed by atoms with Gasteiger partial charge in [0.25, 0.3) is 5.91 Å². The Morgan fingerprint density at radius 2 is 1.82 bits per heavy atom. The first-order valence-electron chi connectivity index (χ1n) is 9.42. The van der Waals surface area contributed by atoms with E-state index in [1.165, 1.54) is 16.9 Å². The Kier molecular flexibility index (Phi) is 5.01. The Bertz CT molecular complexity index is 1150. The Labute approximate surface area is 168 Å². The summed E-state index contributed by atoms with van der Waals surface area (Å²) in [6, 6.07) is 18.0. The summed E-state index contributed by atoms with van der Waals surface area (Å²) in [6.07, 6.45) is 0.987. The maximum Gasteiger partial charge on any atom is 0.268 e. The van der Waals surface area contributed by atoms with Crippen LogP contribution in [0.4, 0.5) is 5.69 Å². The highest BCUT2D eigenvalue weighted by Crippen LogP contribution is 2.30. The predicted molar refractivity (Wildman–Crippen MR) is 117 cm³/mol. The van der Waals surface area contributed by atoms with Crippen molar-refractivity contribution >= 4 is 44.1 Å². The summed E-state index contributed by atoms with van der Waals surface area (Å²) < 4.78 is 5.30. The summed E-state index contributed by atoms with van der Waals surface area (Å²) in [5.74, 6) is 0.809. The van der Waals surface area contributed by atoms with Crippen LogP contribution in [0.2, 0.25) is 0 Å². The van der Waals surface area contributed by atoms with Crippen LogP contribution >= 0.6 is 11.3 Å². The number of thiophene rings is 1. The summed E-state index contributed by atoms with van der Waals surface area (Å²) in [5, 5.41) is 1.98. The quantitative estimate of drug-likeness (QED) is 0.440. The molecular weight excluding hydrogens is 368 g/mol. The highest BCUT2D eigenvalue weighted by molar-refractivity contribution is 7.20. The summed E-state index contributed by atoms with van der Waals surface area (Å²) >= 11 is 1.44. The molecular formula is C23H22N2O2S. The molecule has 0 aliphatic rings. The monoisotopic (exact) mass is 390 g/mol. The van der Waals surface area contributed by atoms with Gasteiger partial charge in [-0.05, 0) is 61.4 Å². The average molecular weight is 391 g/mol. The van der Waals surface area contributed by atoms with Gasteiger partial charge in [0.2, 0.25) is 0 Å². The zero-order valence-corrected chi connectivity index (χ0v) is 17.0. The number of carbonyl (C=O) groups is 1. The summed E-state index contributed by atoms with van der Waals surface area (Å²) in [7, 11) is 1.65. The molecule has 0 radical (unpaired) electrons. The van der Waals surface area contributed by atoms with Crippen LogP contribution in [-0.4, -0.2) is 24.5 Å². The third kappa shape index (κ3) is 3.34. The van der Waals surface area contributed by atoms with Crippen molar-refractivity contribution in [1.29, 1.82) is 0 Å². The molecule has 4 aromatic rings. The molecule has 2 aromatic carbocycles. The van der Waals surface area contributed by atoms with Crippen LogP contribution in [0.25, 0.3) is 21.1 Å². The molecule has 4 nitrogen and oxygen atoms in total. The van der Waals surface area contributed by atoms with Crippen molar-refractivity contribution in [1.82, 2.24) is 4.98 Å². The van der Waals surface area contributed by atoms with Gasteiger partial charge in [-0.25, -0.2) is 4.98 Å². The molecule has 0 unspecified atom stereocenters. The molecule has 0 saturated carbocycles. The average Bonchev–Trinajstić information content (AvgIpc) is 3.15. The molecule has 0 aliphatic heterocycles. The summed E-state index contributed by atoms with van der Waals surface area (Å²) in [5.41, 5.74) is 3.09. The minimum Gasteiger partial charge on any atom is -0.497 e. The number of aryl methyl sites for hydroxylation is 1. The van der Waals surface area contributed by atoms with E-state index in [9.17, 15) is 4.79 Å². The number of hydrogen-bond donors (Lipinski definition) is 0. The van der Waals surface area contributed by atoms with Gasteiger partial charge in [-0.3, -0.25) is 4.79 Å². The molecule has 0 fully saturated rings. The number of nitrogens with zero attached hydrogens (tertiary/aromatic N) is 2. The lowest BCUT2D eigenvalue weighted by Crippen LogP contribution is -2.29. The second-order valence-corrected chi connectivity index (χ2v) is 7.65. The number of hydrogen-bond acceptors (Lipinski definition) is 4. The minimum atomic E-state index is 0.0105. The first-order chi connectivity index (χ1) is 13.6. The lowest BCUT2D eigenvalue weighted by molar-refractivity contribution is 0.0992. The number of benzene rings is 2. The van der Waals surface area contributed by atoms with Crippen molar-refractivity contribution in [2.24, 2.45) is 0 Å². The number of pyridine rings is 1. The first kappa shape index (κ1) is 18.4. The smallest absolute Gasteiger partial charge is 0.268 e. The van der Waals surface area contributed by atoms with Crippen LogP contribution in [0.3, 0.4) is 0 Å². The second kappa shape index (κ2) is 7.60. The number of methoxy groups -OCH3 is 1. The molecule has 0 bridgehead atoms. The molecule has 4 rings (SSSR count). The fourth-order valence-corrected chi connectivity index (χ4v) is 4.31. The molecule has 28 heavy (non-hydrogen) atoms. The SMILES string of the molecule is CCc1ccc(N(CC)C(=O)c2cc3cc4cc(OC)ccc4nc3s2)cc1. The first-order valence-corrected chi connectivity index (χ1v) is 10.2. The molecule has 5 heteroatoms. The normalized spacial score (nSPS) is 11.1.